The van der Waals surface area contributed by atoms with Crippen molar-refractivity contribution in [1.82, 2.24) is 20.2 Å². The van der Waals surface area contributed by atoms with Gasteiger partial charge in [0, 0.05) is 10.9 Å². The molecule has 0 unspecified atom stereocenters. The summed E-state index contributed by atoms with van der Waals surface area (Å²) in [5.74, 6) is 0.710. The second-order valence-corrected chi connectivity index (χ2v) is 9.20. The fraction of sp³-hybridized carbons (Fsp3) is 0.167. The number of hydrogen-bond acceptors (Lipinski definition) is 6. The first kappa shape index (κ1) is 22.0. The normalized spacial score (nSPS) is 11.2. The van der Waals surface area contributed by atoms with E-state index < -0.39 is 0 Å². The Morgan fingerprint density at radius 2 is 1.84 bits per heavy atom. The van der Waals surface area contributed by atoms with Gasteiger partial charge >= 0.3 is 0 Å². The van der Waals surface area contributed by atoms with E-state index in [4.69, 9.17) is 0 Å². The van der Waals surface area contributed by atoms with Crippen LogP contribution in [0.4, 0.5) is 5.13 Å². The number of hydrogen-bond donors (Lipinski definition) is 2. The summed E-state index contributed by atoms with van der Waals surface area (Å²) in [7, 11) is 0. The Kier molecular flexibility index (Phi) is 6.82. The van der Waals surface area contributed by atoms with Crippen LogP contribution >= 0.6 is 23.1 Å². The molecule has 0 radical (unpaired) electrons. The topological polar surface area (TPSA) is 83.6 Å². The lowest BCUT2D eigenvalue weighted by Crippen LogP contribution is -2.13. The molecule has 1 amide bonds. The second kappa shape index (κ2) is 9.93. The van der Waals surface area contributed by atoms with Crippen molar-refractivity contribution in [3.05, 3.63) is 75.9 Å². The largest absolute Gasteiger partial charge is 0.301 e. The molecule has 8 heteroatoms. The first-order chi connectivity index (χ1) is 15.5. The highest BCUT2D eigenvalue weighted by molar-refractivity contribution is 7.99. The van der Waals surface area contributed by atoms with Crippen molar-refractivity contribution in [2.75, 3.05) is 11.1 Å². The van der Waals surface area contributed by atoms with Crippen LogP contribution in [0.15, 0.2) is 53.0 Å². The Labute approximate surface area is 195 Å². The maximum absolute atomic E-state index is 12.4. The van der Waals surface area contributed by atoms with E-state index in [2.05, 4.69) is 58.4 Å². The molecule has 162 valence electrons. The summed E-state index contributed by atoms with van der Waals surface area (Å²) < 4.78 is 0. The Balaban J connectivity index is 1.33. The van der Waals surface area contributed by atoms with Gasteiger partial charge in [0.1, 0.15) is 5.82 Å². The Morgan fingerprint density at radius 3 is 2.59 bits per heavy atom. The summed E-state index contributed by atoms with van der Waals surface area (Å²) in [5.41, 5.74) is 6.69. The number of nitrogens with zero attached hydrogens (tertiary/aromatic N) is 3. The van der Waals surface area contributed by atoms with Crippen LogP contribution in [0.3, 0.4) is 0 Å². The van der Waals surface area contributed by atoms with Gasteiger partial charge in [-0.3, -0.25) is 9.89 Å². The van der Waals surface area contributed by atoms with Gasteiger partial charge in [-0.2, -0.15) is 0 Å². The molecule has 4 aromatic rings. The average Bonchev–Trinajstić information content (AvgIpc) is 3.40. The van der Waals surface area contributed by atoms with Crippen molar-refractivity contribution in [3.8, 4) is 11.3 Å². The van der Waals surface area contributed by atoms with Crippen molar-refractivity contribution >= 4 is 46.3 Å². The first-order valence-electron chi connectivity index (χ1n) is 10.1. The molecule has 6 nitrogen and oxygen atoms in total. The molecule has 2 aromatic carbocycles. The van der Waals surface area contributed by atoms with Crippen LogP contribution in [0.25, 0.3) is 23.4 Å². The highest BCUT2D eigenvalue weighted by Gasteiger charge is 2.13. The molecule has 0 aliphatic rings. The molecule has 0 saturated heterocycles. The number of carbonyl (C=O) groups is 1. The van der Waals surface area contributed by atoms with Crippen molar-refractivity contribution in [2.45, 2.75) is 25.9 Å². The third-order valence-electron chi connectivity index (χ3n) is 4.73. The fourth-order valence-corrected chi connectivity index (χ4v) is 4.78. The summed E-state index contributed by atoms with van der Waals surface area (Å²) >= 11 is 2.70. The molecular formula is C24H23N5OS2. The maximum atomic E-state index is 12.4. The minimum Gasteiger partial charge on any atom is -0.301 e. The number of benzene rings is 2. The van der Waals surface area contributed by atoms with Gasteiger partial charge in [0.05, 0.1) is 11.4 Å². The first-order valence-corrected chi connectivity index (χ1v) is 12.0. The number of aryl methyl sites for hydroxylation is 3. The van der Waals surface area contributed by atoms with Crippen molar-refractivity contribution < 1.29 is 4.79 Å². The summed E-state index contributed by atoms with van der Waals surface area (Å²) in [6, 6.07) is 14.3. The number of thioether (sulfide) groups is 1. The third-order valence-corrected chi connectivity index (χ3v) is 6.34. The van der Waals surface area contributed by atoms with Gasteiger partial charge in [-0.1, -0.05) is 65.9 Å². The Bertz CT molecular complexity index is 1240. The zero-order valence-corrected chi connectivity index (χ0v) is 19.7. The Morgan fingerprint density at radius 1 is 1.09 bits per heavy atom. The number of aromatic amines is 1. The number of H-pyrrole nitrogens is 1. The smallest absolute Gasteiger partial charge is 0.236 e. The van der Waals surface area contributed by atoms with Gasteiger partial charge in [0.15, 0.2) is 5.13 Å². The second-order valence-electron chi connectivity index (χ2n) is 7.40. The summed E-state index contributed by atoms with van der Waals surface area (Å²) in [6.07, 6.45) is 3.82. The molecule has 2 aromatic heterocycles. The van der Waals surface area contributed by atoms with Crippen molar-refractivity contribution in [2.24, 2.45) is 0 Å². The molecule has 2 heterocycles. The highest BCUT2D eigenvalue weighted by atomic mass is 32.2. The van der Waals surface area contributed by atoms with E-state index in [0.29, 0.717) is 16.1 Å². The minimum atomic E-state index is -0.139. The van der Waals surface area contributed by atoms with Crippen LogP contribution in [-0.2, 0) is 4.79 Å². The van der Waals surface area contributed by atoms with E-state index in [1.807, 2.05) is 47.9 Å². The van der Waals surface area contributed by atoms with E-state index in [0.717, 1.165) is 16.8 Å². The lowest BCUT2D eigenvalue weighted by molar-refractivity contribution is -0.113. The van der Waals surface area contributed by atoms with Gasteiger partial charge in [-0.05, 0) is 43.5 Å². The lowest BCUT2D eigenvalue weighted by atomic mass is 9.98. The van der Waals surface area contributed by atoms with E-state index in [-0.39, 0.29) is 11.7 Å². The summed E-state index contributed by atoms with van der Waals surface area (Å²) in [4.78, 5) is 21.4. The van der Waals surface area contributed by atoms with Gasteiger partial charge in [0.2, 0.25) is 11.1 Å². The van der Waals surface area contributed by atoms with Gasteiger partial charge < -0.3 is 5.32 Å². The van der Waals surface area contributed by atoms with E-state index in [1.165, 1.54) is 39.8 Å². The molecule has 0 aliphatic heterocycles. The number of aromatic nitrogens is 4. The van der Waals surface area contributed by atoms with E-state index in [9.17, 15) is 4.79 Å². The van der Waals surface area contributed by atoms with Gasteiger partial charge in [-0.25, -0.2) is 9.97 Å². The zero-order chi connectivity index (χ0) is 22.5. The van der Waals surface area contributed by atoms with Crippen LogP contribution < -0.4 is 5.32 Å². The Hall–Kier alpha value is -3.23. The molecule has 32 heavy (non-hydrogen) atoms. The molecular weight excluding hydrogens is 438 g/mol. The number of amides is 1. The fourth-order valence-electron chi connectivity index (χ4n) is 3.45. The van der Waals surface area contributed by atoms with Crippen LogP contribution in [0.1, 0.15) is 28.1 Å². The molecule has 0 fully saturated rings. The average molecular weight is 462 g/mol. The van der Waals surface area contributed by atoms with Crippen LogP contribution in [0.2, 0.25) is 0 Å². The molecule has 2 N–H and O–H groups in total. The standard InChI is InChI=1S/C24H23N5OS2/c1-15-11-16(2)22(17(3)12-15)19-13-31-23(25-19)27-21(30)14-32-24-26-20(28-29-24)10-9-18-7-5-4-6-8-18/h4-13H,14H2,1-3H3,(H,25,27,30)(H,26,28,29)/b10-9+. The number of carbonyl (C=O) groups excluding carboxylic acids is 1. The number of anilines is 1. The van der Waals surface area contributed by atoms with Gasteiger partial charge in [0.25, 0.3) is 0 Å². The van der Waals surface area contributed by atoms with E-state index >= 15 is 0 Å². The zero-order valence-electron chi connectivity index (χ0n) is 18.0. The molecule has 4 rings (SSSR count). The predicted octanol–water partition coefficient (Wildman–Crippen LogP) is 5.75. The highest BCUT2D eigenvalue weighted by Crippen LogP contribution is 2.31. The van der Waals surface area contributed by atoms with Crippen LogP contribution in [0, 0.1) is 20.8 Å². The van der Waals surface area contributed by atoms with E-state index in [1.54, 1.807) is 0 Å². The summed E-state index contributed by atoms with van der Waals surface area (Å²) in [6.45, 7) is 6.26. The quantitative estimate of drug-likeness (QED) is 0.342. The van der Waals surface area contributed by atoms with Crippen molar-refractivity contribution in [3.63, 3.8) is 0 Å². The third kappa shape index (κ3) is 5.52. The molecule has 0 aliphatic carbocycles. The SMILES string of the molecule is Cc1cc(C)c(-c2csc(NC(=O)CSc3n[nH]c(/C=C/c4ccccc4)n3)n2)c(C)c1. The molecule has 0 atom stereocenters. The van der Waals surface area contributed by atoms with Crippen LogP contribution in [-0.4, -0.2) is 31.8 Å². The summed E-state index contributed by atoms with van der Waals surface area (Å²) in [5, 5.41) is 13.0. The minimum absolute atomic E-state index is 0.139. The lowest BCUT2D eigenvalue weighted by Gasteiger charge is -2.08. The van der Waals surface area contributed by atoms with Crippen LogP contribution in [0.5, 0.6) is 0 Å². The van der Waals surface area contributed by atoms with Crippen molar-refractivity contribution in [1.29, 1.82) is 0 Å². The maximum Gasteiger partial charge on any atom is 0.236 e. The van der Waals surface area contributed by atoms with Gasteiger partial charge in [-0.15, -0.1) is 16.4 Å². The number of nitrogens with one attached hydrogen (secondary N) is 2. The molecule has 0 bridgehead atoms. The molecule has 0 saturated carbocycles. The number of thiazole rings is 1. The number of rotatable bonds is 7. The monoisotopic (exact) mass is 461 g/mol. The molecule has 0 spiro atoms. The predicted molar refractivity (Wildman–Crippen MR) is 133 cm³/mol.